The highest BCUT2D eigenvalue weighted by Gasteiger charge is 2.30. The fourth-order valence-corrected chi connectivity index (χ4v) is 4.94. The van der Waals surface area contributed by atoms with E-state index in [-0.39, 0.29) is 0 Å². The molecule has 4 aromatic carbocycles. The molecule has 35 heavy (non-hydrogen) atoms. The first-order chi connectivity index (χ1) is 16.8. The number of ether oxygens (including phenoxy) is 3. The lowest BCUT2D eigenvalue weighted by Crippen LogP contribution is -2.17. The Hall–Kier alpha value is -3.49. The van der Waals surface area contributed by atoms with Crippen LogP contribution in [0.2, 0.25) is 0 Å². The van der Waals surface area contributed by atoms with Crippen LogP contribution < -0.4 is 18.9 Å². The molecular weight excluding hydrogens is 530 g/mol. The summed E-state index contributed by atoms with van der Waals surface area (Å²) in [6, 6.07) is 26.4. The number of anilines is 1. The minimum atomic E-state index is -3.43. The van der Waals surface area contributed by atoms with Crippen molar-refractivity contribution in [3.05, 3.63) is 101 Å². The molecule has 0 amide bonds. The first-order valence-electron chi connectivity index (χ1n) is 10.8. The van der Waals surface area contributed by atoms with Crippen LogP contribution in [0.15, 0.2) is 89.4 Å². The van der Waals surface area contributed by atoms with Crippen molar-refractivity contribution in [2.45, 2.75) is 6.10 Å². The van der Waals surface area contributed by atoms with E-state index in [4.69, 9.17) is 14.2 Å². The average Bonchev–Trinajstić information content (AvgIpc) is 2.84. The van der Waals surface area contributed by atoms with Crippen LogP contribution in [0.25, 0.3) is 11.1 Å². The highest BCUT2D eigenvalue weighted by molar-refractivity contribution is 9.10. The first kappa shape index (κ1) is 23.3. The van der Waals surface area contributed by atoms with Gasteiger partial charge in [-0.3, -0.25) is 4.72 Å². The summed E-state index contributed by atoms with van der Waals surface area (Å²) in [5, 5.41) is 0. The fourth-order valence-electron chi connectivity index (χ4n) is 4.12. The SMILES string of the molecule is COc1cccc2c1-c1ccc(NS(C)(=O)=O)cc1C(c1ccc(Oc3ccc(Br)cc3)cc1)O2. The zero-order valence-corrected chi connectivity index (χ0v) is 21.4. The van der Waals surface area contributed by atoms with Gasteiger partial charge in [0.15, 0.2) is 0 Å². The molecule has 1 unspecified atom stereocenters. The van der Waals surface area contributed by atoms with E-state index in [2.05, 4.69) is 20.7 Å². The molecule has 1 aliphatic rings. The van der Waals surface area contributed by atoms with Crippen molar-refractivity contribution in [1.29, 1.82) is 0 Å². The van der Waals surface area contributed by atoms with Crippen molar-refractivity contribution >= 4 is 31.6 Å². The molecule has 0 radical (unpaired) electrons. The molecule has 0 saturated heterocycles. The van der Waals surface area contributed by atoms with Crippen molar-refractivity contribution in [1.82, 2.24) is 0 Å². The van der Waals surface area contributed by atoms with Crippen LogP contribution in [0.3, 0.4) is 0 Å². The van der Waals surface area contributed by atoms with Crippen LogP contribution in [0.4, 0.5) is 5.69 Å². The summed E-state index contributed by atoms with van der Waals surface area (Å²) in [7, 11) is -1.82. The summed E-state index contributed by atoms with van der Waals surface area (Å²) in [5.41, 5.74) is 3.95. The topological polar surface area (TPSA) is 73.9 Å². The maximum Gasteiger partial charge on any atom is 0.229 e. The van der Waals surface area contributed by atoms with Gasteiger partial charge < -0.3 is 14.2 Å². The minimum absolute atomic E-state index is 0.451. The van der Waals surface area contributed by atoms with E-state index >= 15 is 0 Å². The number of fused-ring (bicyclic) bond motifs is 3. The zero-order chi connectivity index (χ0) is 24.6. The zero-order valence-electron chi connectivity index (χ0n) is 19.0. The van der Waals surface area contributed by atoms with Crippen LogP contribution in [-0.4, -0.2) is 21.8 Å². The van der Waals surface area contributed by atoms with E-state index in [1.54, 1.807) is 13.2 Å². The Labute approximate surface area is 212 Å². The highest BCUT2D eigenvalue weighted by atomic mass is 79.9. The smallest absolute Gasteiger partial charge is 0.229 e. The van der Waals surface area contributed by atoms with Crippen LogP contribution in [0.5, 0.6) is 23.0 Å². The summed E-state index contributed by atoms with van der Waals surface area (Å²) >= 11 is 3.42. The Kier molecular flexibility index (Phi) is 6.17. The normalized spacial score (nSPS) is 14.3. The van der Waals surface area contributed by atoms with E-state index in [1.807, 2.05) is 78.9 Å². The summed E-state index contributed by atoms with van der Waals surface area (Å²) < 4.78 is 45.2. The molecule has 0 spiro atoms. The number of methoxy groups -OCH3 is 1. The quantitative estimate of drug-likeness (QED) is 0.286. The maximum absolute atomic E-state index is 11.8. The molecule has 0 fully saturated rings. The Morgan fingerprint density at radius 3 is 2.26 bits per heavy atom. The van der Waals surface area contributed by atoms with Gasteiger partial charge in [0.05, 0.1) is 18.9 Å². The molecule has 178 valence electrons. The van der Waals surface area contributed by atoms with Gasteiger partial charge in [-0.25, -0.2) is 8.42 Å². The van der Waals surface area contributed by atoms with Crippen LogP contribution in [0.1, 0.15) is 17.2 Å². The van der Waals surface area contributed by atoms with Crippen molar-refractivity contribution in [2.75, 3.05) is 18.1 Å². The molecule has 0 aliphatic carbocycles. The second kappa shape index (κ2) is 9.28. The predicted molar refractivity (Wildman–Crippen MR) is 140 cm³/mol. The van der Waals surface area contributed by atoms with Crippen LogP contribution in [-0.2, 0) is 10.0 Å². The van der Waals surface area contributed by atoms with Gasteiger partial charge >= 0.3 is 0 Å². The van der Waals surface area contributed by atoms with Crippen molar-refractivity contribution < 1.29 is 22.6 Å². The number of hydrogen-bond donors (Lipinski definition) is 1. The van der Waals surface area contributed by atoms with Gasteiger partial charge in [0.1, 0.15) is 29.1 Å². The molecule has 1 aliphatic heterocycles. The number of benzene rings is 4. The average molecular weight is 552 g/mol. The summed E-state index contributed by atoms with van der Waals surface area (Å²) in [6.45, 7) is 0. The molecule has 0 bridgehead atoms. The molecule has 0 saturated carbocycles. The second-order valence-electron chi connectivity index (χ2n) is 8.13. The molecule has 0 aromatic heterocycles. The fraction of sp³-hybridized carbons (Fsp3) is 0.111. The largest absolute Gasteiger partial charge is 0.496 e. The van der Waals surface area contributed by atoms with Gasteiger partial charge in [0.25, 0.3) is 0 Å². The van der Waals surface area contributed by atoms with E-state index in [1.165, 1.54) is 0 Å². The van der Waals surface area contributed by atoms with Crippen molar-refractivity contribution in [3.63, 3.8) is 0 Å². The van der Waals surface area contributed by atoms with E-state index < -0.39 is 16.1 Å². The van der Waals surface area contributed by atoms with Gasteiger partial charge in [-0.1, -0.05) is 40.2 Å². The molecule has 1 heterocycles. The Morgan fingerprint density at radius 2 is 1.60 bits per heavy atom. The third-order valence-electron chi connectivity index (χ3n) is 5.59. The van der Waals surface area contributed by atoms with E-state index in [0.717, 1.165) is 38.7 Å². The Balaban J connectivity index is 1.54. The van der Waals surface area contributed by atoms with Gasteiger partial charge in [0, 0.05) is 15.7 Å². The molecule has 8 heteroatoms. The van der Waals surface area contributed by atoms with E-state index in [9.17, 15) is 8.42 Å². The predicted octanol–water partition coefficient (Wildman–Crippen LogP) is 6.77. The molecule has 1 N–H and O–H groups in total. The maximum atomic E-state index is 11.8. The van der Waals surface area contributed by atoms with Gasteiger partial charge in [-0.2, -0.15) is 0 Å². The molecule has 6 nitrogen and oxygen atoms in total. The highest BCUT2D eigenvalue weighted by Crippen LogP contribution is 2.49. The molecule has 5 rings (SSSR count). The van der Waals surface area contributed by atoms with Crippen LogP contribution >= 0.6 is 15.9 Å². The summed E-state index contributed by atoms with van der Waals surface area (Å²) in [4.78, 5) is 0. The van der Waals surface area contributed by atoms with Gasteiger partial charge in [-0.15, -0.1) is 0 Å². The summed E-state index contributed by atoms with van der Waals surface area (Å²) in [6.07, 6.45) is 0.677. The lowest BCUT2D eigenvalue weighted by atomic mass is 9.89. The minimum Gasteiger partial charge on any atom is -0.496 e. The van der Waals surface area contributed by atoms with E-state index in [0.29, 0.717) is 22.9 Å². The number of hydrogen-bond acceptors (Lipinski definition) is 5. The molecule has 4 aromatic rings. The monoisotopic (exact) mass is 551 g/mol. The number of halogens is 1. The third-order valence-corrected chi connectivity index (χ3v) is 6.73. The lowest BCUT2D eigenvalue weighted by Gasteiger charge is -2.30. The standard InChI is InChI=1S/C27H22BrNO5S/c1-32-24-4-3-5-25-26(24)22-15-10-19(29-35(2,30)31)16-23(22)27(34-25)17-6-11-20(12-7-17)33-21-13-8-18(28)9-14-21/h3-16,27,29H,1-2H3. The lowest BCUT2D eigenvalue weighted by molar-refractivity contribution is 0.242. The Bertz CT molecular complexity index is 1490. The van der Waals surface area contributed by atoms with Crippen molar-refractivity contribution in [2.24, 2.45) is 0 Å². The second-order valence-corrected chi connectivity index (χ2v) is 10.8. The number of sulfonamides is 1. The molecule has 1 atom stereocenters. The van der Waals surface area contributed by atoms with Gasteiger partial charge in [0.2, 0.25) is 10.0 Å². The third kappa shape index (κ3) is 4.99. The Morgan fingerprint density at radius 1 is 0.914 bits per heavy atom. The van der Waals surface area contributed by atoms with Crippen molar-refractivity contribution in [3.8, 4) is 34.1 Å². The van der Waals surface area contributed by atoms with Crippen LogP contribution in [0, 0.1) is 0 Å². The van der Waals surface area contributed by atoms with Gasteiger partial charge in [-0.05, 0) is 71.8 Å². The molecular formula is C27H22BrNO5S. The first-order valence-corrected chi connectivity index (χ1v) is 13.5. The summed E-state index contributed by atoms with van der Waals surface area (Å²) in [5.74, 6) is 2.81. The number of rotatable bonds is 6. The number of nitrogens with one attached hydrogen (secondary N) is 1.